The summed E-state index contributed by atoms with van der Waals surface area (Å²) in [5, 5.41) is 31.7. The van der Waals surface area contributed by atoms with Crippen LogP contribution in [0, 0.1) is 11.8 Å². The number of fused-ring (bicyclic) bond motifs is 1. The molecule has 0 radical (unpaired) electrons. The van der Waals surface area contributed by atoms with Gasteiger partial charge in [-0.3, -0.25) is 43.4 Å². The van der Waals surface area contributed by atoms with E-state index in [1.807, 2.05) is 40.7 Å². The fourth-order valence-corrected chi connectivity index (χ4v) is 8.69. The molecule has 2 heterocycles. The molecule has 4 rings (SSSR count). The van der Waals surface area contributed by atoms with Crippen molar-refractivity contribution in [3.8, 4) is 0 Å². The number of carboxylic acids is 1. The normalized spacial score (nSPS) is 18.8. The molecule has 72 heavy (non-hydrogen) atoms. The van der Waals surface area contributed by atoms with Crippen molar-refractivity contribution >= 4 is 53.2 Å². The minimum absolute atomic E-state index is 0.0387. The van der Waals surface area contributed by atoms with Crippen LogP contribution in [0.4, 0.5) is 0 Å². The Hall–Kier alpha value is -6.45. The lowest BCUT2D eigenvalue weighted by Gasteiger charge is -2.28. The summed E-state index contributed by atoms with van der Waals surface area (Å²) < 4.78 is 0. The first-order valence-electron chi connectivity index (χ1n) is 25.2. The summed E-state index contributed by atoms with van der Waals surface area (Å²) in [4.78, 5) is 122. The van der Waals surface area contributed by atoms with Gasteiger partial charge >= 0.3 is 5.97 Å². The summed E-state index contributed by atoms with van der Waals surface area (Å²) >= 11 is 0. The van der Waals surface area contributed by atoms with Gasteiger partial charge in [0.1, 0.15) is 48.3 Å². The summed E-state index contributed by atoms with van der Waals surface area (Å²) in [6.07, 6.45) is 3.39. The van der Waals surface area contributed by atoms with Gasteiger partial charge in [0, 0.05) is 25.9 Å². The molecular formula is C51H77N11O10. The molecule has 0 spiro atoms. The average molecular weight is 1000 g/mol. The number of nitrogens with zero attached hydrogens (tertiary/aromatic N) is 2. The van der Waals surface area contributed by atoms with E-state index in [1.54, 1.807) is 59.6 Å². The van der Waals surface area contributed by atoms with Gasteiger partial charge in [0.2, 0.25) is 41.4 Å². The highest BCUT2D eigenvalue weighted by Crippen LogP contribution is 2.26. The van der Waals surface area contributed by atoms with Gasteiger partial charge in [-0.15, -0.1) is 0 Å². The number of benzene rings is 2. The highest BCUT2D eigenvalue weighted by atomic mass is 16.4. The van der Waals surface area contributed by atoms with Crippen LogP contribution < -0.4 is 48.7 Å². The number of nitrogens with two attached hydrogens (primary N) is 2. The molecule has 8 amide bonds. The molecule has 2 saturated heterocycles. The van der Waals surface area contributed by atoms with Crippen molar-refractivity contribution in [3.63, 3.8) is 0 Å². The van der Waals surface area contributed by atoms with Gasteiger partial charge in [-0.2, -0.15) is 0 Å². The van der Waals surface area contributed by atoms with Crippen LogP contribution in [0.1, 0.15) is 104 Å². The lowest BCUT2D eigenvalue weighted by atomic mass is 9.96. The Morgan fingerprint density at radius 2 is 1.25 bits per heavy atom. The van der Waals surface area contributed by atoms with Crippen LogP contribution in [0.2, 0.25) is 0 Å². The van der Waals surface area contributed by atoms with Crippen LogP contribution in [-0.2, 0) is 56.0 Å². The monoisotopic (exact) mass is 1000 g/mol. The number of hydrogen-bond donors (Lipinski definition) is 10. The first kappa shape index (κ1) is 58.1. The molecule has 396 valence electrons. The van der Waals surface area contributed by atoms with Gasteiger partial charge in [0.05, 0.1) is 6.04 Å². The van der Waals surface area contributed by atoms with Crippen LogP contribution >= 0.6 is 0 Å². The summed E-state index contributed by atoms with van der Waals surface area (Å²) in [5.74, 6) is -6.61. The van der Waals surface area contributed by atoms with E-state index in [0.717, 1.165) is 5.56 Å². The third-order valence-electron chi connectivity index (χ3n) is 13.0. The molecule has 0 bridgehead atoms. The second-order valence-corrected chi connectivity index (χ2v) is 19.3. The molecule has 5 unspecified atom stereocenters. The molecule has 2 aliphatic heterocycles. The first-order chi connectivity index (χ1) is 34.3. The van der Waals surface area contributed by atoms with Gasteiger partial charge < -0.3 is 53.8 Å². The number of nitrogens with one attached hydrogen (secondary N) is 7. The Morgan fingerprint density at radius 3 is 1.81 bits per heavy atom. The predicted molar refractivity (Wildman–Crippen MR) is 269 cm³/mol. The zero-order valence-electron chi connectivity index (χ0n) is 42.5. The van der Waals surface area contributed by atoms with Crippen molar-refractivity contribution in [3.05, 3.63) is 71.8 Å². The fourth-order valence-electron chi connectivity index (χ4n) is 8.69. The van der Waals surface area contributed by atoms with Gasteiger partial charge in [0.15, 0.2) is 0 Å². The zero-order chi connectivity index (χ0) is 53.1. The Morgan fingerprint density at radius 1 is 0.681 bits per heavy atom. The molecule has 21 nitrogen and oxygen atoms in total. The van der Waals surface area contributed by atoms with Crippen LogP contribution in [0.25, 0.3) is 0 Å². The van der Waals surface area contributed by atoms with Crippen molar-refractivity contribution in [1.82, 2.24) is 47.2 Å². The SMILES string of the molecule is CCC[C@H](NC(=O)C1CCN2CC(NC(=O)C(Cc3ccccc3)NC(=O)[C@@H](NC(=O)C(N)CCCCN)C(C)CC)C(=O)N12)C(=O)N[C@@H](C)C(=O)N[C@@H](Cc1ccccc1)C(=O)N[C@@H](CC(C)C)C(=O)O. The van der Waals surface area contributed by atoms with E-state index in [4.69, 9.17) is 11.5 Å². The maximum atomic E-state index is 14.1. The number of carbonyl (C=O) groups is 9. The van der Waals surface area contributed by atoms with E-state index in [0.29, 0.717) is 44.2 Å². The molecule has 2 aromatic carbocycles. The Balaban J connectivity index is 1.42. The van der Waals surface area contributed by atoms with Crippen molar-refractivity contribution in [1.29, 1.82) is 0 Å². The molecule has 0 aromatic heterocycles. The number of hydrogen-bond acceptors (Lipinski definition) is 12. The van der Waals surface area contributed by atoms with E-state index < -0.39 is 108 Å². The standard InChI is InChI=1S/C51H77N11O10/c1-7-17-36(45(65)54-32(6)43(63)56-37(27-33-18-11-9-12-19-33)46(66)58-39(51(71)72)26-30(3)4)55-48(68)41-23-25-61-29-40(50(70)62(41)61)59-47(67)38(28-34-20-13-10-14-21-34)57-49(69)42(31(5)8-2)60-44(64)35(53)22-15-16-24-52/h9-14,18-21,30-32,35-42H,7-8,15-17,22-29,52-53H2,1-6H3,(H,54,65)(H,55,68)(H,56,63)(H,57,69)(H,58,66)(H,59,67)(H,60,64)(H,71,72)/t31?,32-,35?,36-,37-,38?,39-,40?,41?,42-/m0/s1. The number of carbonyl (C=O) groups excluding carboxylic acids is 8. The average Bonchev–Trinajstić information content (AvgIpc) is 3.91. The van der Waals surface area contributed by atoms with Crippen LogP contribution in [0.3, 0.4) is 0 Å². The first-order valence-corrected chi connectivity index (χ1v) is 25.2. The minimum atomic E-state index is -1.21. The second kappa shape index (κ2) is 28.6. The summed E-state index contributed by atoms with van der Waals surface area (Å²) in [6, 6.07) is 8.00. The molecule has 2 aliphatic rings. The van der Waals surface area contributed by atoms with E-state index in [1.165, 1.54) is 11.9 Å². The Labute approximate surface area is 422 Å². The summed E-state index contributed by atoms with van der Waals surface area (Å²) in [6.45, 7) is 11.3. The maximum Gasteiger partial charge on any atom is 0.326 e. The predicted octanol–water partition coefficient (Wildman–Crippen LogP) is 0.150. The number of rotatable bonds is 29. The molecule has 12 N–H and O–H groups in total. The third-order valence-corrected chi connectivity index (χ3v) is 13.0. The lowest BCUT2D eigenvalue weighted by molar-refractivity contribution is -0.146. The lowest BCUT2D eigenvalue weighted by Crippen LogP contribution is -2.59. The second-order valence-electron chi connectivity index (χ2n) is 19.3. The Kier molecular flexibility index (Phi) is 23.1. The van der Waals surface area contributed by atoms with Gasteiger partial charge in [-0.05, 0) is 68.5 Å². The van der Waals surface area contributed by atoms with E-state index in [-0.39, 0.29) is 57.0 Å². The van der Waals surface area contributed by atoms with E-state index in [9.17, 15) is 48.3 Å². The summed E-state index contributed by atoms with van der Waals surface area (Å²) in [7, 11) is 0. The topological polar surface area (TPSA) is 317 Å². The number of unbranched alkanes of at least 4 members (excludes halogenated alkanes) is 1. The van der Waals surface area contributed by atoms with Crippen molar-refractivity contribution in [2.45, 2.75) is 160 Å². The van der Waals surface area contributed by atoms with Gasteiger partial charge in [-0.25, -0.2) is 9.80 Å². The maximum absolute atomic E-state index is 14.1. The quantitative estimate of drug-likeness (QED) is 0.0486. The van der Waals surface area contributed by atoms with Gasteiger partial charge in [-0.1, -0.05) is 115 Å². The molecule has 2 fully saturated rings. The highest BCUT2D eigenvalue weighted by molar-refractivity contribution is 5.99. The molecule has 0 aliphatic carbocycles. The highest BCUT2D eigenvalue weighted by Gasteiger charge is 2.49. The molecular weight excluding hydrogens is 927 g/mol. The smallest absolute Gasteiger partial charge is 0.326 e. The number of amides is 8. The van der Waals surface area contributed by atoms with Gasteiger partial charge in [0.25, 0.3) is 5.91 Å². The zero-order valence-corrected chi connectivity index (χ0v) is 42.5. The number of aliphatic carboxylic acids is 1. The fraction of sp³-hybridized carbons (Fsp3) is 0.588. The molecule has 21 heteroatoms. The van der Waals surface area contributed by atoms with Crippen molar-refractivity contribution < 1.29 is 48.3 Å². The third kappa shape index (κ3) is 17.1. The van der Waals surface area contributed by atoms with E-state index in [2.05, 4.69) is 37.2 Å². The minimum Gasteiger partial charge on any atom is -0.480 e. The van der Waals surface area contributed by atoms with Crippen molar-refractivity contribution in [2.75, 3.05) is 19.6 Å². The molecule has 2 aromatic rings. The summed E-state index contributed by atoms with van der Waals surface area (Å²) in [5.41, 5.74) is 13.2. The number of carboxylic acid groups (broad SMARTS) is 1. The molecule has 0 saturated carbocycles. The van der Waals surface area contributed by atoms with Crippen molar-refractivity contribution in [2.24, 2.45) is 23.3 Å². The van der Waals surface area contributed by atoms with Crippen LogP contribution in [0.5, 0.6) is 0 Å². The van der Waals surface area contributed by atoms with E-state index >= 15 is 0 Å². The Bertz CT molecular complexity index is 2170. The van der Waals surface area contributed by atoms with Crippen LogP contribution in [-0.4, -0.2) is 142 Å². The van der Waals surface area contributed by atoms with Crippen LogP contribution in [0.15, 0.2) is 60.7 Å². The molecule has 10 atom stereocenters. The number of hydrazine groups is 1. The largest absolute Gasteiger partial charge is 0.480 e.